The first-order valence-corrected chi connectivity index (χ1v) is 5.55. The van der Waals surface area contributed by atoms with Crippen LogP contribution in [0.3, 0.4) is 0 Å². The molecule has 4 heteroatoms. The van der Waals surface area contributed by atoms with Gasteiger partial charge in [0.25, 0.3) is 0 Å². The smallest absolute Gasteiger partial charge is 0.135 e. The van der Waals surface area contributed by atoms with Crippen molar-refractivity contribution in [3.05, 3.63) is 17.6 Å². The standard InChI is InChI=1S/C11H17N3O/c1-2-14(6-7-15)11-9-4-3-5-10(9)12-8-13-11/h8,15H,2-7H2,1H3. The Morgan fingerprint density at radius 1 is 1.40 bits per heavy atom. The molecule has 0 bridgehead atoms. The van der Waals surface area contributed by atoms with E-state index in [9.17, 15) is 0 Å². The van der Waals surface area contributed by atoms with Gasteiger partial charge in [0.2, 0.25) is 0 Å². The van der Waals surface area contributed by atoms with Crippen LogP contribution in [-0.2, 0) is 12.8 Å². The van der Waals surface area contributed by atoms with Crippen molar-refractivity contribution in [1.82, 2.24) is 9.97 Å². The van der Waals surface area contributed by atoms with Crippen LogP contribution in [0, 0.1) is 0 Å². The average Bonchev–Trinajstić information content (AvgIpc) is 2.73. The molecule has 82 valence electrons. The van der Waals surface area contributed by atoms with Gasteiger partial charge in [-0.05, 0) is 26.2 Å². The third-order valence-corrected chi connectivity index (χ3v) is 2.90. The molecule has 1 aromatic rings. The minimum atomic E-state index is 0.173. The van der Waals surface area contributed by atoms with Crippen LogP contribution in [0.25, 0.3) is 0 Å². The van der Waals surface area contributed by atoms with Gasteiger partial charge in [-0.15, -0.1) is 0 Å². The fraction of sp³-hybridized carbons (Fsp3) is 0.636. The fourth-order valence-corrected chi connectivity index (χ4v) is 2.15. The maximum Gasteiger partial charge on any atom is 0.135 e. The lowest BCUT2D eigenvalue weighted by molar-refractivity contribution is 0.302. The van der Waals surface area contributed by atoms with Crippen LogP contribution < -0.4 is 4.90 Å². The minimum absolute atomic E-state index is 0.173. The van der Waals surface area contributed by atoms with Crippen molar-refractivity contribution in [3.63, 3.8) is 0 Å². The molecule has 0 unspecified atom stereocenters. The molecule has 1 heterocycles. The zero-order valence-corrected chi connectivity index (χ0v) is 9.11. The van der Waals surface area contributed by atoms with Crippen LogP contribution >= 0.6 is 0 Å². The van der Waals surface area contributed by atoms with E-state index in [-0.39, 0.29) is 6.61 Å². The molecular formula is C11H17N3O. The maximum atomic E-state index is 8.99. The summed E-state index contributed by atoms with van der Waals surface area (Å²) in [6.07, 6.45) is 4.96. The number of likely N-dealkylation sites (N-methyl/N-ethyl adjacent to an activating group) is 1. The van der Waals surface area contributed by atoms with E-state index >= 15 is 0 Å². The lowest BCUT2D eigenvalue weighted by Gasteiger charge is -2.22. The Bertz CT molecular complexity index is 341. The zero-order chi connectivity index (χ0) is 10.7. The molecular weight excluding hydrogens is 190 g/mol. The molecule has 1 aliphatic carbocycles. The molecule has 0 saturated heterocycles. The minimum Gasteiger partial charge on any atom is -0.395 e. The van der Waals surface area contributed by atoms with Crippen LogP contribution in [0.4, 0.5) is 5.82 Å². The molecule has 1 aliphatic rings. The summed E-state index contributed by atoms with van der Waals surface area (Å²) in [5, 5.41) is 8.99. The monoisotopic (exact) mass is 207 g/mol. The summed E-state index contributed by atoms with van der Waals surface area (Å²) in [4.78, 5) is 10.8. The number of aryl methyl sites for hydroxylation is 1. The Hall–Kier alpha value is -1.16. The molecule has 0 amide bonds. The van der Waals surface area contributed by atoms with Crippen LogP contribution in [0.2, 0.25) is 0 Å². The Kier molecular flexibility index (Phi) is 3.16. The van der Waals surface area contributed by atoms with E-state index in [4.69, 9.17) is 5.11 Å². The lowest BCUT2D eigenvalue weighted by Crippen LogP contribution is -2.28. The number of fused-ring (bicyclic) bond motifs is 1. The first-order valence-electron chi connectivity index (χ1n) is 5.55. The van der Waals surface area contributed by atoms with Crippen molar-refractivity contribution in [3.8, 4) is 0 Å². The Labute approximate surface area is 90.0 Å². The van der Waals surface area contributed by atoms with E-state index < -0.39 is 0 Å². The molecule has 0 spiro atoms. The van der Waals surface area contributed by atoms with Crippen molar-refractivity contribution in [2.75, 3.05) is 24.6 Å². The van der Waals surface area contributed by atoms with Crippen molar-refractivity contribution in [1.29, 1.82) is 0 Å². The summed E-state index contributed by atoms with van der Waals surface area (Å²) < 4.78 is 0. The van der Waals surface area contributed by atoms with E-state index in [1.54, 1.807) is 6.33 Å². The Balaban J connectivity index is 2.30. The van der Waals surface area contributed by atoms with Crippen molar-refractivity contribution in [2.24, 2.45) is 0 Å². The van der Waals surface area contributed by atoms with Gasteiger partial charge in [0.15, 0.2) is 0 Å². The molecule has 0 aliphatic heterocycles. The topological polar surface area (TPSA) is 49.2 Å². The molecule has 4 nitrogen and oxygen atoms in total. The maximum absolute atomic E-state index is 8.99. The van der Waals surface area contributed by atoms with E-state index in [0.29, 0.717) is 6.54 Å². The SMILES string of the molecule is CCN(CCO)c1ncnc2c1CCC2. The molecule has 0 saturated carbocycles. The number of hydrogen-bond donors (Lipinski definition) is 1. The molecule has 2 rings (SSSR count). The van der Waals surface area contributed by atoms with Crippen molar-refractivity contribution >= 4 is 5.82 Å². The predicted octanol–water partition coefficient (Wildman–Crippen LogP) is 0.784. The summed E-state index contributed by atoms with van der Waals surface area (Å²) in [6, 6.07) is 0. The highest BCUT2D eigenvalue weighted by molar-refractivity contribution is 5.50. The number of nitrogens with zero attached hydrogens (tertiary/aromatic N) is 3. The summed E-state index contributed by atoms with van der Waals surface area (Å²) in [5.74, 6) is 1.02. The third kappa shape index (κ3) is 1.95. The van der Waals surface area contributed by atoms with Gasteiger partial charge >= 0.3 is 0 Å². The second kappa shape index (κ2) is 4.57. The zero-order valence-electron chi connectivity index (χ0n) is 9.11. The van der Waals surface area contributed by atoms with E-state index in [1.165, 1.54) is 17.7 Å². The third-order valence-electron chi connectivity index (χ3n) is 2.90. The second-order valence-electron chi connectivity index (χ2n) is 3.78. The van der Waals surface area contributed by atoms with Crippen LogP contribution in [0.15, 0.2) is 6.33 Å². The molecule has 15 heavy (non-hydrogen) atoms. The van der Waals surface area contributed by atoms with Gasteiger partial charge in [0, 0.05) is 24.3 Å². The molecule has 0 fully saturated rings. The van der Waals surface area contributed by atoms with Gasteiger partial charge in [-0.3, -0.25) is 0 Å². The highest BCUT2D eigenvalue weighted by Crippen LogP contribution is 2.27. The number of aliphatic hydroxyl groups excluding tert-OH is 1. The Morgan fingerprint density at radius 3 is 3.00 bits per heavy atom. The second-order valence-corrected chi connectivity index (χ2v) is 3.78. The molecule has 1 N–H and O–H groups in total. The van der Waals surface area contributed by atoms with Gasteiger partial charge in [0.1, 0.15) is 12.1 Å². The average molecular weight is 207 g/mol. The number of aromatic nitrogens is 2. The lowest BCUT2D eigenvalue weighted by atomic mass is 10.2. The molecule has 0 aromatic carbocycles. The summed E-state index contributed by atoms with van der Waals surface area (Å²) >= 11 is 0. The number of hydrogen-bond acceptors (Lipinski definition) is 4. The van der Waals surface area contributed by atoms with Crippen LogP contribution in [0.1, 0.15) is 24.6 Å². The fourth-order valence-electron chi connectivity index (χ4n) is 2.15. The normalized spacial score (nSPS) is 14.0. The van der Waals surface area contributed by atoms with Crippen molar-refractivity contribution in [2.45, 2.75) is 26.2 Å². The van der Waals surface area contributed by atoms with Gasteiger partial charge in [-0.1, -0.05) is 0 Å². The van der Waals surface area contributed by atoms with Crippen LogP contribution in [-0.4, -0.2) is 34.8 Å². The predicted molar refractivity (Wildman–Crippen MR) is 59.0 cm³/mol. The largest absolute Gasteiger partial charge is 0.395 e. The van der Waals surface area contributed by atoms with Crippen LogP contribution in [0.5, 0.6) is 0 Å². The van der Waals surface area contributed by atoms with Crippen molar-refractivity contribution < 1.29 is 5.11 Å². The van der Waals surface area contributed by atoms with Gasteiger partial charge in [0.05, 0.1) is 6.61 Å². The summed E-state index contributed by atoms with van der Waals surface area (Å²) in [7, 11) is 0. The van der Waals surface area contributed by atoms with E-state index in [1.807, 2.05) is 0 Å². The number of rotatable bonds is 4. The highest BCUT2D eigenvalue weighted by Gasteiger charge is 2.19. The van der Waals surface area contributed by atoms with Gasteiger partial charge in [-0.25, -0.2) is 9.97 Å². The Morgan fingerprint density at radius 2 is 2.27 bits per heavy atom. The highest BCUT2D eigenvalue weighted by atomic mass is 16.3. The molecule has 1 aromatic heterocycles. The number of anilines is 1. The van der Waals surface area contributed by atoms with E-state index in [0.717, 1.165) is 25.2 Å². The summed E-state index contributed by atoms with van der Waals surface area (Å²) in [6.45, 7) is 3.79. The summed E-state index contributed by atoms with van der Waals surface area (Å²) in [5.41, 5.74) is 2.48. The quantitative estimate of drug-likeness (QED) is 0.792. The molecule has 0 radical (unpaired) electrons. The van der Waals surface area contributed by atoms with Gasteiger partial charge < -0.3 is 10.0 Å². The van der Waals surface area contributed by atoms with Gasteiger partial charge in [-0.2, -0.15) is 0 Å². The molecule has 0 atom stereocenters. The number of aliphatic hydroxyl groups is 1. The first kappa shape index (κ1) is 10.4. The first-order chi connectivity index (χ1) is 7.36. The van der Waals surface area contributed by atoms with E-state index in [2.05, 4.69) is 21.8 Å².